The Morgan fingerprint density at radius 3 is 2.22 bits per heavy atom. The van der Waals surface area contributed by atoms with Gasteiger partial charge in [0.15, 0.2) is 0 Å². The summed E-state index contributed by atoms with van der Waals surface area (Å²) in [6.07, 6.45) is -2.58. The van der Waals surface area contributed by atoms with Gasteiger partial charge < -0.3 is 10.2 Å². The van der Waals surface area contributed by atoms with Crippen molar-refractivity contribution in [2.45, 2.75) is 30.8 Å². The van der Waals surface area contributed by atoms with Crippen LogP contribution in [0.4, 0.5) is 30.2 Å². The highest BCUT2D eigenvalue weighted by Gasteiger charge is 2.35. The van der Waals surface area contributed by atoms with E-state index in [1.165, 1.54) is 12.1 Å². The third-order valence-corrected chi connectivity index (χ3v) is 8.18. The molecular formula is C26H25ClF3N3O3S. The largest absolute Gasteiger partial charge is 0.417 e. The maximum absolute atomic E-state index is 13.5. The van der Waals surface area contributed by atoms with E-state index in [2.05, 4.69) is 10.2 Å². The Kier molecular flexibility index (Phi) is 7.70. The third-order valence-electron chi connectivity index (χ3n) is 6.06. The molecule has 1 fully saturated rings. The molecular weight excluding hydrogens is 527 g/mol. The Morgan fingerprint density at radius 2 is 1.62 bits per heavy atom. The number of benzene rings is 3. The molecule has 0 aromatic heterocycles. The molecule has 3 aromatic carbocycles. The molecule has 11 heteroatoms. The summed E-state index contributed by atoms with van der Waals surface area (Å²) in [6, 6.07) is 15.7. The number of carbonyl (C=O) groups excluding carboxylic acids is 1. The van der Waals surface area contributed by atoms with Crippen molar-refractivity contribution >= 4 is 44.6 Å². The zero-order valence-electron chi connectivity index (χ0n) is 19.9. The first-order chi connectivity index (χ1) is 17.4. The average molecular weight is 552 g/mol. The van der Waals surface area contributed by atoms with Crippen LogP contribution in [-0.2, 0) is 21.0 Å². The molecule has 0 bridgehead atoms. The van der Waals surface area contributed by atoms with Gasteiger partial charge >= 0.3 is 6.18 Å². The van der Waals surface area contributed by atoms with Gasteiger partial charge in [-0.3, -0.25) is 9.10 Å². The quantitative estimate of drug-likeness (QED) is 0.385. The van der Waals surface area contributed by atoms with Crippen molar-refractivity contribution in [3.63, 3.8) is 0 Å². The first-order valence-electron chi connectivity index (χ1n) is 11.6. The van der Waals surface area contributed by atoms with Gasteiger partial charge in [-0.2, -0.15) is 13.2 Å². The summed E-state index contributed by atoms with van der Waals surface area (Å²) in [5.74, 6) is -0.715. The van der Waals surface area contributed by atoms with Crippen LogP contribution in [0.5, 0.6) is 0 Å². The van der Waals surface area contributed by atoms with Crippen molar-refractivity contribution in [1.82, 2.24) is 0 Å². The number of carbonyl (C=O) groups is 1. The van der Waals surface area contributed by atoms with E-state index in [1.54, 1.807) is 31.2 Å². The van der Waals surface area contributed by atoms with E-state index < -0.39 is 39.2 Å². The molecule has 0 radical (unpaired) electrons. The second-order valence-corrected chi connectivity index (χ2v) is 11.0. The molecule has 4 rings (SSSR count). The normalized spacial score (nSPS) is 14.0. The number of hydrogen-bond donors (Lipinski definition) is 1. The fraction of sp³-hybridized carbons (Fsp3) is 0.269. The number of sulfonamides is 1. The van der Waals surface area contributed by atoms with Crippen molar-refractivity contribution in [2.75, 3.05) is 34.2 Å². The summed E-state index contributed by atoms with van der Waals surface area (Å²) < 4.78 is 68.2. The molecule has 6 nitrogen and oxygen atoms in total. The van der Waals surface area contributed by atoms with E-state index in [4.69, 9.17) is 11.6 Å². The van der Waals surface area contributed by atoms with Gasteiger partial charge in [0.1, 0.15) is 6.54 Å². The first kappa shape index (κ1) is 26.8. The molecule has 37 heavy (non-hydrogen) atoms. The minimum atomic E-state index is -4.81. The van der Waals surface area contributed by atoms with Crippen molar-refractivity contribution in [3.8, 4) is 0 Å². The number of amides is 1. The van der Waals surface area contributed by atoms with Crippen LogP contribution in [0.1, 0.15) is 24.0 Å². The van der Waals surface area contributed by atoms with Gasteiger partial charge in [-0.25, -0.2) is 8.42 Å². The number of rotatable bonds is 7. The van der Waals surface area contributed by atoms with E-state index >= 15 is 0 Å². The molecule has 1 heterocycles. The van der Waals surface area contributed by atoms with E-state index in [1.807, 2.05) is 12.1 Å². The van der Waals surface area contributed by atoms with Gasteiger partial charge in [0.25, 0.3) is 10.0 Å². The van der Waals surface area contributed by atoms with E-state index in [0.29, 0.717) is 16.1 Å². The Morgan fingerprint density at radius 1 is 1.00 bits per heavy atom. The van der Waals surface area contributed by atoms with Crippen molar-refractivity contribution in [3.05, 3.63) is 82.9 Å². The number of alkyl halides is 3. The fourth-order valence-electron chi connectivity index (χ4n) is 4.10. The third kappa shape index (κ3) is 6.19. The maximum atomic E-state index is 13.5. The van der Waals surface area contributed by atoms with Crippen LogP contribution in [-0.4, -0.2) is 34.0 Å². The second kappa shape index (κ2) is 10.6. The minimum Gasteiger partial charge on any atom is -0.372 e. The summed E-state index contributed by atoms with van der Waals surface area (Å²) in [7, 11) is -4.40. The van der Waals surface area contributed by atoms with Crippen molar-refractivity contribution in [2.24, 2.45) is 0 Å². The molecule has 1 aliphatic rings. The van der Waals surface area contributed by atoms with Crippen LogP contribution in [0.3, 0.4) is 0 Å². The highest BCUT2D eigenvalue weighted by Crippen LogP contribution is 2.38. The van der Waals surface area contributed by atoms with Gasteiger partial charge in [0, 0.05) is 24.5 Å². The molecule has 0 saturated carbocycles. The van der Waals surface area contributed by atoms with E-state index in [-0.39, 0.29) is 10.6 Å². The number of aryl methyl sites for hydroxylation is 1. The number of hydrogen-bond acceptors (Lipinski definition) is 4. The lowest BCUT2D eigenvalue weighted by Gasteiger charge is -2.25. The summed E-state index contributed by atoms with van der Waals surface area (Å²) in [5.41, 5.74) is 0.713. The molecule has 1 aliphatic heterocycles. The molecule has 196 valence electrons. The first-order valence-corrected chi connectivity index (χ1v) is 13.4. The van der Waals surface area contributed by atoms with Crippen LogP contribution >= 0.6 is 11.6 Å². The average Bonchev–Trinajstić information content (AvgIpc) is 3.38. The summed E-state index contributed by atoms with van der Waals surface area (Å²) in [4.78, 5) is 15.0. The van der Waals surface area contributed by atoms with E-state index in [0.717, 1.165) is 49.3 Å². The van der Waals surface area contributed by atoms with Crippen molar-refractivity contribution < 1.29 is 26.4 Å². The molecule has 1 saturated heterocycles. The minimum absolute atomic E-state index is 0.163. The summed E-state index contributed by atoms with van der Waals surface area (Å²) in [6.45, 7) is 2.94. The lowest BCUT2D eigenvalue weighted by atomic mass is 10.2. The summed E-state index contributed by atoms with van der Waals surface area (Å²) in [5, 5.41) is 2.06. The Bertz CT molecular complexity index is 1370. The Balaban J connectivity index is 1.64. The van der Waals surface area contributed by atoms with Crippen LogP contribution in [0.2, 0.25) is 5.02 Å². The van der Waals surface area contributed by atoms with Crippen LogP contribution in [0, 0.1) is 6.92 Å². The molecule has 0 aliphatic carbocycles. The number of nitrogens with zero attached hydrogens (tertiary/aromatic N) is 2. The molecule has 0 unspecified atom stereocenters. The predicted octanol–water partition coefficient (Wildman–Crippen LogP) is 6.10. The predicted molar refractivity (Wildman–Crippen MR) is 139 cm³/mol. The van der Waals surface area contributed by atoms with Gasteiger partial charge in [0.2, 0.25) is 5.91 Å². The highest BCUT2D eigenvalue weighted by atomic mass is 35.5. The zero-order chi connectivity index (χ0) is 26.8. The SMILES string of the molecule is Cc1ccc(S(=O)(=O)N(CC(=O)Nc2ccc(N3CCCC3)cc2)c2ccc(Cl)c(C(F)(F)F)c2)cc1. The fourth-order valence-corrected chi connectivity index (χ4v) is 5.74. The van der Waals surface area contributed by atoms with Gasteiger partial charge in [0.05, 0.1) is 21.2 Å². The van der Waals surface area contributed by atoms with E-state index in [9.17, 15) is 26.4 Å². The maximum Gasteiger partial charge on any atom is 0.417 e. The molecule has 0 atom stereocenters. The molecule has 1 amide bonds. The van der Waals surface area contributed by atoms with Gasteiger partial charge in [-0.1, -0.05) is 29.3 Å². The molecule has 3 aromatic rings. The Labute approximate surface area is 218 Å². The van der Waals surface area contributed by atoms with Crippen LogP contribution in [0.25, 0.3) is 0 Å². The Hall–Kier alpha value is -3.24. The standard InChI is InChI=1S/C26H25ClF3N3O3S/c1-18-4-11-22(12-5-18)37(35,36)33(21-10-13-24(27)23(16-21)26(28,29)30)17-25(34)31-19-6-8-20(9-7-19)32-14-2-3-15-32/h4-13,16H,2-3,14-15,17H2,1H3,(H,31,34). The van der Waals surface area contributed by atoms with Gasteiger partial charge in [-0.05, 0) is 74.4 Å². The molecule has 1 N–H and O–H groups in total. The second-order valence-electron chi connectivity index (χ2n) is 8.78. The monoisotopic (exact) mass is 551 g/mol. The lowest BCUT2D eigenvalue weighted by molar-refractivity contribution is -0.137. The smallest absolute Gasteiger partial charge is 0.372 e. The van der Waals surface area contributed by atoms with Crippen LogP contribution < -0.4 is 14.5 Å². The highest BCUT2D eigenvalue weighted by molar-refractivity contribution is 7.92. The number of anilines is 3. The van der Waals surface area contributed by atoms with Gasteiger partial charge in [-0.15, -0.1) is 0 Å². The zero-order valence-corrected chi connectivity index (χ0v) is 21.5. The topological polar surface area (TPSA) is 69.7 Å². The number of halogens is 4. The number of nitrogens with one attached hydrogen (secondary N) is 1. The van der Waals surface area contributed by atoms with Crippen LogP contribution in [0.15, 0.2) is 71.6 Å². The summed E-state index contributed by atoms with van der Waals surface area (Å²) >= 11 is 5.74. The van der Waals surface area contributed by atoms with Crippen molar-refractivity contribution in [1.29, 1.82) is 0 Å². The molecule has 0 spiro atoms. The lowest BCUT2D eigenvalue weighted by Crippen LogP contribution is -2.38.